The van der Waals surface area contributed by atoms with Gasteiger partial charge < -0.3 is 9.26 Å². The fourth-order valence-corrected chi connectivity index (χ4v) is 5.29. The second kappa shape index (κ2) is 7.83. The van der Waals surface area contributed by atoms with Crippen molar-refractivity contribution in [1.29, 1.82) is 0 Å². The molecule has 11 heteroatoms. The van der Waals surface area contributed by atoms with E-state index in [0.29, 0.717) is 17.0 Å². The molecule has 1 aromatic heterocycles. The first-order valence-corrected chi connectivity index (χ1v) is 13.0. The quantitative estimate of drug-likeness (QED) is 0.407. The highest BCUT2D eigenvalue weighted by Crippen LogP contribution is 2.48. The predicted molar refractivity (Wildman–Crippen MR) is 133 cm³/mol. The van der Waals surface area contributed by atoms with Crippen molar-refractivity contribution in [2.45, 2.75) is 58.2 Å². The molecule has 36 heavy (non-hydrogen) atoms. The number of nitrogens with zero attached hydrogens (tertiary/aromatic N) is 3. The molecule has 0 bridgehead atoms. The van der Waals surface area contributed by atoms with Gasteiger partial charge in [-0.15, -0.1) is 0 Å². The second-order valence-corrected chi connectivity index (χ2v) is 11.7. The standard InChI is InChI=1S/C25H28N3O7P/c1-24(2,3)15-6-8-16(9-7-15)27-22(29)26-13-12-19-21(28(26)23(27)30)18-11-10-17(35-36(31,32)33)14-20(18)34-25(19,4)5/h6-12,14,21H,13H2,1-5H3,(H2,31,32,33). The number of hydrogen-bond acceptors (Lipinski definition) is 5. The summed E-state index contributed by atoms with van der Waals surface area (Å²) in [4.78, 5) is 45.5. The number of rotatable bonds is 3. The second-order valence-electron chi connectivity index (χ2n) is 10.6. The monoisotopic (exact) mass is 513 g/mol. The molecule has 0 radical (unpaired) electrons. The number of allylic oxidation sites excluding steroid dienone is 1. The maximum absolute atomic E-state index is 13.8. The molecule has 2 N–H and O–H groups in total. The van der Waals surface area contributed by atoms with Crippen molar-refractivity contribution in [2.75, 3.05) is 0 Å². The first-order valence-electron chi connectivity index (χ1n) is 11.5. The van der Waals surface area contributed by atoms with Crippen LogP contribution in [0, 0.1) is 0 Å². The van der Waals surface area contributed by atoms with Gasteiger partial charge in [0.05, 0.1) is 12.2 Å². The summed E-state index contributed by atoms with van der Waals surface area (Å²) in [5.41, 5.74) is 1.08. The maximum Gasteiger partial charge on any atom is 0.524 e. The highest BCUT2D eigenvalue weighted by atomic mass is 31.2. The Morgan fingerprint density at radius 3 is 2.33 bits per heavy atom. The molecular weight excluding hydrogens is 485 g/mol. The molecule has 190 valence electrons. The highest BCUT2D eigenvalue weighted by Gasteiger charge is 2.44. The molecule has 1 atom stereocenters. The number of ether oxygens (including phenoxy) is 1. The average Bonchev–Trinajstić information content (AvgIpc) is 3.01. The van der Waals surface area contributed by atoms with Gasteiger partial charge in [-0.3, -0.25) is 9.79 Å². The largest absolute Gasteiger partial charge is 0.524 e. The van der Waals surface area contributed by atoms with Crippen LogP contribution in [0.15, 0.2) is 63.7 Å². The predicted octanol–water partition coefficient (Wildman–Crippen LogP) is 3.27. The van der Waals surface area contributed by atoms with Gasteiger partial charge in [0, 0.05) is 11.6 Å². The molecule has 2 aromatic carbocycles. The number of phosphoric ester groups is 1. The van der Waals surface area contributed by atoms with Gasteiger partial charge in [-0.1, -0.05) is 39.0 Å². The van der Waals surface area contributed by atoms with E-state index in [1.54, 1.807) is 18.2 Å². The van der Waals surface area contributed by atoms with Crippen LogP contribution in [0.25, 0.3) is 5.69 Å². The Hall–Kier alpha value is -3.33. The van der Waals surface area contributed by atoms with E-state index in [1.807, 2.05) is 32.1 Å². The van der Waals surface area contributed by atoms with E-state index < -0.39 is 30.8 Å². The molecule has 3 aromatic rings. The smallest absolute Gasteiger partial charge is 0.483 e. The third kappa shape index (κ3) is 3.95. The molecule has 0 amide bonds. The molecule has 0 fully saturated rings. The van der Waals surface area contributed by atoms with Gasteiger partial charge in [-0.05, 0) is 54.7 Å². The molecule has 2 aliphatic rings. The molecule has 1 unspecified atom stereocenters. The van der Waals surface area contributed by atoms with Crippen molar-refractivity contribution >= 4 is 7.82 Å². The van der Waals surface area contributed by atoms with Crippen molar-refractivity contribution in [2.24, 2.45) is 0 Å². The lowest BCUT2D eigenvalue weighted by Gasteiger charge is -2.42. The summed E-state index contributed by atoms with van der Waals surface area (Å²) >= 11 is 0. The minimum atomic E-state index is -4.77. The van der Waals surface area contributed by atoms with Gasteiger partial charge >= 0.3 is 19.2 Å². The van der Waals surface area contributed by atoms with E-state index in [4.69, 9.17) is 9.26 Å². The topological polar surface area (TPSA) is 125 Å². The Morgan fingerprint density at radius 1 is 1.06 bits per heavy atom. The van der Waals surface area contributed by atoms with Gasteiger partial charge in [0.25, 0.3) is 0 Å². The molecule has 2 aliphatic heterocycles. The summed E-state index contributed by atoms with van der Waals surface area (Å²) in [6, 6.07) is 11.1. The number of benzene rings is 2. The van der Waals surface area contributed by atoms with Gasteiger partial charge in [-0.25, -0.2) is 28.1 Å². The Bertz CT molecular complexity index is 1560. The van der Waals surface area contributed by atoms with Gasteiger partial charge in [0.1, 0.15) is 23.1 Å². The van der Waals surface area contributed by atoms with E-state index in [0.717, 1.165) is 15.7 Å². The minimum Gasteiger partial charge on any atom is -0.483 e. The van der Waals surface area contributed by atoms with Crippen LogP contribution in [0.1, 0.15) is 51.8 Å². The van der Waals surface area contributed by atoms with Crippen molar-refractivity contribution in [3.8, 4) is 17.2 Å². The number of fused-ring (bicyclic) bond motifs is 5. The SMILES string of the molecule is CC1(C)Oc2cc(OP(=O)(O)O)ccc2C2C1=CCn1c(=O)n(-c3ccc(C(C)(C)C)cc3)c(=O)n12. The summed E-state index contributed by atoms with van der Waals surface area (Å²) in [7, 11) is -4.77. The van der Waals surface area contributed by atoms with Crippen LogP contribution in [-0.2, 0) is 16.5 Å². The van der Waals surface area contributed by atoms with E-state index in [9.17, 15) is 23.9 Å². The minimum absolute atomic E-state index is 0.0673. The zero-order valence-corrected chi connectivity index (χ0v) is 21.5. The number of phosphoric acid groups is 1. The average molecular weight is 513 g/mol. The molecular formula is C25H28N3O7P. The number of aromatic nitrogens is 3. The summed E-state index contributed by atoms with van der Waals surface area (Å²) in [6.07, 6.45) is 1.89. The van der Waals surface area contributed by atoms with Crippen LogP contribution in [0.4, 0.5) is 0 Å². The normalized spacial score (nSPS) is 18.4. The van der Waals surface area contributed by atoms with Crippen molar-refractivity contribution < 1.29 is 23.6 Å². The van der Waals surface area contributed by atoms with E-state index in [-0.39, 0.29) is 17.7 Å². The Morgan fingerprint density at radius 2 is 1.72 bits per heavy atom. The number of hydrogen-bond donors (Lipinski definition) is 2. The van der Waals surface area contributed by atoms with Crippen molar-refractivity contribution in [3.63, 3.8) is 0 Å². The van der Waals surface area contributed by atoms with Crippen LogP contribution in [0.3, 0.4) is 0 Å². The van der Waals surface area contributed by atoms with Gasteiger partial charge in [0.15, 0.2) is 0 Å². The Balaban J connectivity index is 1.67. The van der Waals surface area contributed by atoms with Crippen LogP contribution in [-0.4, -0.2) is 29.3 Å². The Kier molecular flexibility index (Phi) is 5.30. The van der Waals surface area contributed by atoms with E-state index in [2.05, 4.69) is 20.8 Å². The Labute approximate surface area is 207 Å². The van der Waals surface area contributed by atoms with E-state index in [1.165, 1.54) is 21.5 Å². The summed E-state index contributed by atoms with van der Waals surface area (Å²) in [5, 5.41) is 0. The lowest BCUT2D eigenvalue weighted by Crippen LogP contribution is -2.46. The fourth-order valence-electron chi connectivity index (χ4n) is 4.90. The summed E-state index contributed by atoms with van der Waals surface area (Å²) in [5.74, 6) is 0.241. The molecule has 0 saturated heterocycles. The lowest BCUT2D eigenvalue weighted by atomic mass is 9.83. The van der Waals surface area contributed by atoms with Crippen LogP contribution >= 0.6 is 7.82 Å². The molecule has 0 aliphatic carbocycles. The first kappa shape index (κ1) is 24.4. The summed E-state index contributed by atoms with van der Waals surface area (Å²) < 4.78 is 26.2. The fraction of sp³-hybridized carbons (Fsp3) is 0.360. The highest BCUT2D eigenvalue weighted by molar-refractivity contribution is 7.46. The molecule has 10 nitrogen and oxygen atoms in total. The van der Waals surface area contributed by atoms with E-state index >= 15 is 0 Å². The third-order valence-corrected chi connectivity index (χ3v) is 7.09. The lowest BCUT2D eigenvalue weighted by molar-refractivity contribution is 0.113. The zero-order chi connectivity index (χ0) is 26.2. The van der Waals surface area contributed by atoms with Gasteiger partial charge in [0.2, 0.25) is 0 Å². The molecule has 0 saturated carbocycles. The maximum atomic E-state index is 13.8. The van der Waals surface area contributed by atoms with Crippen molar-refractivity contribution in [1.82, 2.24) is 13.9 Å². The van der Waals surface area contributed by atoms with Crippen LogP contribution < -0.4 is 20.6 Å². The van der Waals surface area contributed by atoms with Crippen LogP contribution in [0.2, 0.25) is 0 Å². The first-order chi connectivity index (χ1) is 16.7. The molecule has 0 spiro atoms. The van der Waals surface area contributed by atoms with Gasteiger partial charge in [-0.2, -0.15) is 0 Å². The van der Waals surface area contributed by atoms with Crippen LogP contribution in [0.5, 0.6) is 11.5 Å². The zero-order valence-electron chi connectivity index (χ0n) is 20.6. The molecule has 5 rings (SSSR count). The summed E-state index contributed by atoms with van der Waals surface area (Å²) in [6.45, 7) is 10.2. The third-order valence-electron chi connectivity index (χ3n) is 6.64. The molecule has 3 heterocycles. The van der Waals surface area contributed by atoms with Crippen molar-refractivity contribution in [3.05, 3.63) is 86.2 Å².